The molecule has 2 N–H and O–H groups in total. The van der Waals surface area contributed by atoms with Gasteiger partial charge in [0, 0.05) is 18.3 Å². The van der Waals surface area contributed by atoms with Crippen LogP contribution < -0.4 is 11.0 Å². The molecule has 0 amide bonds. The molecular weight excluding hydrogens is 212 g/mol. The molecular formula is C9H18N4OS. The largest absolute Gasteiger partial charge is 0.343 e. The third-order valence-electron chi connectivity index (χ3n) is 2.32. The minimum atomic E-state index is -0.161. The molecule has 1 heterocycles. The van der Waals surface area contributed by atoms with Crippen LogP contribution in [0, 0.1) is 0 Å². The van der Waals surface area contributed by atoms with Crippen molar-refractivity contribution >= 4 is 11.8 Å². The van der Waals surface area contributed by atoms with Gasteiger partial charge in [0.2, 0.25) is 0 Å². The molecule has 0 aromatic carbocycles. The molecule has 0 spiro atoms. The number of rotatable bonds is 5. The Labute approximate surface area is 93.6 Å². The van der Waals surface area contributed by atoms with E-state index in [0.717, 1.165) is 11.6 Å². The van der Waals surface area contributed by atoms with Crippen LogP contribution >= 0.6 is 11.8 Å². The van der Waals surface area contributed by atoms with Crippen molar-refractivity contribution in [3.05, 3.63) is 10.5 Å². The zero-order chi connectivity index (χ0) is 11.4. The maximum Gasteiger partial charge on any atom is 0.343 e. The predicted molar refractivity (Wildman–Crippen MR) is 62.3 cm³/mol. The smallest absolute Gasteiger partial charge is 0.317 e. The van der Waals surface area contributed by atoms with Crippen LogP contribution in [0.2, 0.25) is 0 Å². The molecule has 0 saturated heterocycles. The van der Waals surface area contributed by atoms with E-state index in [9.17, 15) is 4.79 Å². The van der Waals surface area contributed by atoms with Crippen LogP contribution in [-0.2, 0) is 7.05 Å². The Morgan fingerprint density at radius 1 is 1.60 bits per heavy atom. The number of aromatic amines is 1. The molecule has 2 unspecified atom stereocenters. The SMILES string of the molecule is CNC(C)CC(C)Sc1n[nH]c(=O)n1C. The summed E-state index contributed by atoms with van der Waals surface area (Å²) < 4.78 is 1.53. The molecule has 0 saturated carbocycles. The highest BCUT2D eigenvalue weighted by Crippen LogP contribution is 2.22. The standard InChI is InChI=1S/C9H18N4OS/c1-6(10-3)5-7(2)15-9-12-11-8(14)13(9)4/h6-7,10H,5H2,1-4H3,(H,11,14). The molecule has 5 nitrogen and oxygen atoms in total. The summed E-state index contributed by atoms with van der Waals surface area (Å²) in [5, 5.41) is 10.8. The zero-order valence-electron chi connectivity index (χ0n) is 9.57. The summed E-state index contributed by atoms with van der Waals surface area (Å²) in [4.78, 5) is 11.1. The average Bonchev–Trinajstić information content (AvgIpc) is 2.49. The van der Waals surface area contributed by atoms with Gasteiger partial charge in [-0.05, 0) is 20.4 Å². The topological polar surface area (TPSA) is 62.7 Å². The van der Waals surface area contributed by atoms with Crippen LogP contribution in [0.15, 0.2) is 9.95 Å². The van der Waals surface area contributed by atoms with Crippen LogP contribution in [0.25, 0.3) is 0 Å². The number of hydrogen-bond donors (Lipinski definition) is 2. The number of nitrogens with zero attached hydrogens (tertiary/aromatic N) is 2. The first kappa shape index (κ1) is 12.3. The summed E-state index contributed by atoms with van der Waals surface area (Å²) in [5.41, 5.74) is -0.161. The van der Waals surface area contributed by atoms with E-state index in [2.05, 4.69) is 29.4 Å². The Balaban J connectivity index is 2.55. The van der Waals surface area contributed by atoms with Gasteiger partial charge >= 0.3 is 5.69 Å². The van der Waals surface area contributed by atoms with Crippen molar-refractivity contribution in [3.8, 4) is 0 Å². The van der Waals surface area contributed by atoms with Crippen molar-refractivity contribution in [1.82, 2.24) is 20.1 Å². The fourth-order valence-corrected chi connectivity index (χ4v) is 2.37. The minimum absolute atomic E-state index is 0.161. The number of thioether (sulfide) groups is 1. The number of nitrogens with one attached hydrogen (secondary N) is 2. The summed E-state index contributed by atoms with van der Waals surface area (Å²) in [6.07, 6.45) is 1.04. The van der Waals surface area contributed by atoms with Crippen molar-refractivity contribution in [2.75, 3.05) is 7.05 Å². The molecule has 15 heavy (non-hydrogen) atoms. The second-order valence-corrected chi connectivity index (χ2v) is 5.13. The molecule has 0 aliphatic carbocycles. The van der Waals surface area contributed by atoms with Gasteiger partial charge in [0.25, 0.3) is 0 Å². The summed E-state index contributed by atoms with van der Waals surface area (Å²) in [5.74, 6) is 0. The van der Waals surface area contributed by atoms with E-state index < -0.39 is 0 Å². The molecule has 0 bridgehead atoms. The Morgan fingerprint density at radius 2 is 2.27 bits per heavy atom. The predicted octanol–water partition coefficient (Wildman–Crippen LogP) is 0.587. The maximum atomic E-state index is 11.1. The first-order valence-corrected chi connectivity index (χ1v) is 5.88. The van der Waals surface area contributed by atoms with Gasteiger partial charge in [-0.3, -0.25) is 4.57 Å². The summed E-state index contributed by atoms with van der Waals surface area (Å²) >= 11 is 1.62. The van der Waals surface area contributed by atoms with Gasteiger partial charge in [-0.15, -0.1) is 5.10 Å². The average molecular weight is 230 g/mol. The fraction of sp³-hybridized carbons (Fsp3) is 0.778. The molecule has 1 aromatic heterocycles. The van der Waals surface area contributed by atoms with Crippen LogP contribution in [0.3, 0.4) is 0 Å². The van der Waals surface area contributed by atoms with E-state index in [0.29, 0.717) is 11.3 Å². The second-order valence-electron chi connectivity index (χ2n) is 3.72. The van der Waals surface area contributed by atoms with E-state index in [1.807, 2.05) is 7.05 Å². The van der Waals surface area contributed by atoms with E-state index in [1.165, 1.54) is 4.57 Å². The Hall–Kier alpha value is -0.750. The lowest BCUT2D eigenvalue weighted by molar-refractivity contribution is 0.563. The summed E-state index contributed by atoms with van der Waals surface area (Å²) in [7, 11) is 3.68. The van der Waals surface area contributed by atoms with E-state index in [4.69, 9.17) is 0 Å². The van der Waals surface area contributed by atoms with Gasteiger partial charge in [-0.25, -0.2) is 9.89 Å². The molecule has 1 aromatic rings. The Morgan fingerprint density at radius 3 is 2.73 bits per heavy atom. The van der Waals surface area contributed by atoms with Crippen LogP contribution in [0.1, 0.15) is 20.3 Å². The highest BCUT2D eigenvalue weighted by molar-refractivity contribution is 7.99. The van der Waals surface area contributed by atoms with Crippen molar-refractivity contribution < 1.29 is 0 Å². The summed E-state index contributed by atoms with van der Waals surface area (Å²) in [6.45, 7) is 4.28. The molecule has 0 aliphatic rings. The number of H-pyrrole nitrogens is 1. The molecule has 2 atom stereocenters. The molecule has 0 fully saturated rings. The highest BCUT2D eigenvalue weighted by Gasteiger charge is 2.12. The van der Waals surface area contributed by atoms with Crippen molar-refractivity contribution in [1.29, 1.82) is 0 Å². The zero-order valence-corrected chi connectivity index (χ0v) is 10.4. The third-order valence-corrected chi connectivity index (χ3v) is 3.49. The van der Waals surface area contributed by atoms with Crippen LogP contribution in [0.5, 0.6) is 0 Å². The van der Waals surface area contributed by atoms with Crippen LogP contribution in [0.4, 0.5) is 0 Å². The molecule has 1 rings (SSSR count). The van der Waals surface area contributed by atoms with Gasteiger partial charge in [-0.2, -0.15) is 0 Å². The Bertz CT molecular complexity index is 359. The molecule has 6 heteroatoms. The molecule has 86 valence electrons. The first-order valence-electron chi connectivity index (χ1n) is 5.00. The monoisotopic (exact) mass is 230 g/mol. The second kappa shape index (κ2) is 5.37. The van der Waals surface area contributed by atoms with Crippen molar-refractivity contribution in [2.45, 2.75) is 36.7 Å². The van der Waals surface area contributed by atoms with Crippen LogP contribution in [-0.4, -0.2) is 33.1 Å². The minimum Gasteiger partial charge on any atom is -0.317 e. The Kier molecular flexibility index (Phi) is 4.41. The van der Waals surface area contributed by atoms with Crippen molar-refractivity contribution in [3.63, 3.8) is 0 Å². The van der Waals surface area contributed by atoms with Crippen molar-refractivity contribution in [2.24, 2.45) is 7.05 Å². The van der Waals surface area contributed by atoms with E-state index in [1.54, 1.807) is 18.8 Å². The number of aromatic nitrogens is 3. The maximum absolute atomic E-state index is 11.1. The lowest BCUT2D eigenvalue weighted by Gasteiger charge is -2.15. The number of hydrogen-bond acceptors (Lipinski definition) is 4. The normalized spacial score (nSPS) is 15.2. The van der Waals surface area contributed by atoms with Gasteiger partial charge in [0.1, 0.15) is 0 Å². The van der Waals surface area contributed by atoms with E-state index >= 15 is 0 Å². The highest BCUT2D eigenvalue weighted by atomic mass is 32.2. The molecule has 0 radical (unpaired) electrons. The quantitative estimate of drug-likeness (QED) is 0.727. The summed E-state index contributed by atoms with van der Waals surface area (Å²) in [6, 6.07) is 0.475. The van der Waals surface area contributed by atoms with Gasteiger partial charge in [-0.1, -0.05) is 18.7 Å². The lowest BCUT2D eigenvalue weighted by Crippen LogP contribution is -2.24. The van der Waals surface area contributed by atoms with E-state index in [-0.39, 0.29) is 5.69 Å². The van der Waals surface area contributed by atoms with Gasteiger partial charge in [0.05, 0.1) is 0 Å². The third kappa shape index (κ3) is 3.39. The molecule has 0 aliphatic heterocycles. The van der Waals surface area contributed by atoms with Gasteiger partial charge in [0.15, 0.2) is 5.16 Å². The van der Waals surface area contributed by atoms with Gasteiger partial charge < -0.3 is 5.32 Å². The lowest BCUT2D eigenvalue weighted by atomic mass is 10.2. The fourth-order valence-electron chi connectivity index (χ4n) is 1.28. The first-order chi connectivity index (χ1) is 7.04.